The SMILES string of the molecule is COCCNC(=O)C1CN(C(=O)c2ccc(OC(F)(F)F)cc2)CC12CCCC2. The van der Waals surface area contributed by atoms with E-state index in [2.05, 4.69) is 10.1 Å². The summed E-state index contributed by atoms with van der Waals surface area (Å²) < 4.78 is 45.7. The van der Waals surface area contributed by atoms with E-state index in [1.54, 1.807) is 12.0 Å². The Balaban J connectivity index is 1.70. The topological polar surface area (TPSA) is 67.9 Å². The van der Waals surface area contributed by atoms with Crippen LogP contribution >= 0.6 is 0 Å². The van der Waals surface area contributed by atoms with Gasteiger partial charge in [0.15, 0.2) is 0 Å². The lowest BCUT2D eigenvalue weighted by atomic mass is 9.76. The molecule has 3 rings (SSSR count). The van der Waals surface area contributed by atoms with Crippen LogP contribution < -0.4 is 10.1 Å². The molecule has 1 N–H and O–H groups in total. The summed E-state index contributed by atoms with van der Waals surface area (Å²) in [5, 5.41) is 2.88. The number of amides is 2. The van der Waals surface area contributed by atoms with Gasteiger partial charge in [-0.3, -0.25) is 9.59 Å². The first-order valence-corrected chi connectivity index (χ1v) is 9.66. The lowest BCUT2D eigenvalue weighted by Gasteiger charge is -2.28. The van der Waals surface area contributed by atoms with E-state index >= 15 is 0 Å². The molecule has 1 unspecified atom stereocenters. The second kappa shape index (κ2) is 8.61. The molecule has 6 nitrogen and oxygen atoms in total. The van der Waals surface area contributed by atoms with Crippen LogP contribution in [0.1, 0.15) is 36.0 Å². The number of methoxy groups -OCH3 is 1. The summed E-state index contributed by atoms with van der Waals surface area (Å²) in [7, 11) is 1.56. The van der Waals surface area contributed by atoms with Crippen LogP contribution in [0.2, 0.25) is 0 Å². The van der Waals surface area contributed by atoms with Gasteiger partial charge in [0.2, 0.25) is 5.91 Å². The summed E-state index contributed by atoms with van der Waals surface area (Å²) in [6, 6.07) is 4.88. The molecule has 2 aliphatic rings. The van der Waals surface area contributed by atoms with Gasteiger partial charge in [0, 0.05) is 37.7 Å². The highest BCUT2D eigenvalue weighted by atomic mass is 19.4. The summed E-state index contributed by atoms with van der Waals surface area (Å²) >= 11 is 0. The highest BCUT2D eigenvalue weighted by Gasteiger charge is 2.52. The Kier molecular flexibility index (Phi) is 6.36. The number of hydrogen-bond donors (Lipinski definition) is 1. The minimum Gasteiger partial charge on any atom is -0.406 e. The number of halogens is 3. The van der Waals surface area contributed by atoms with Crippen LogP contribution in [0.3, 0.4) is 0 Å². The van der Waals surface area contributed by atoms with Gasteiger partial charge in [0.1, 0.15) is 5.75 Å². The fourth-order valence-corrected chi connectivity index (χ4v) is 4.45. The minimum atomic E-state index is -4.78. The molecular formula is C20H25F3N2O4. The molecule has 1 aliphatic heterocycles. The summed E-state index contributed by atoms with van der Waals surface area (Å²) in [5.74, 6) is -1.04. The molecule has 0 aromatic heterocycles. The van der Waals surface area contributed by atoms with Crippen molar-refractivity contribution in [3.8, 4) is 5.75 Å². The van der Waals surface area contributed by atoms with Crippen LogP contribution in [-0.4, -0.2) is 56.4 Å². The van der Waals surface area contributed by atoms with Crippen molar-refractivity contribution in [2.75, 3.05) is 33.4 Å². The average Bonchev–Trinajstić information content (AvgIpc) is 3.28. The van der Waals surface area contributed by atoms with Gasteiger partial charge >= 0.3 is 6.36 Å². The van der Waals surface area contributed by atoms with Crippen LogP contribution in [0.4, 0.5) is 13.2 Å². The van der Waals surface area contributed by atoms with Gasteiger partial charge in [-0.1, -0.05) is 12.8 Å². The first kappa shape index (κ1) is 21.4. The third-order valence-corrected chi connectivity index (χ3v) is 5.79. The van der Waals surface area contributed by atoms with E-state index in [1.165, 1.54) is 12.1 Å². The van der Waals surface area contributed by atoms with Crippen molar-refractivity contribution in [1.82, 2.24) is 10.2 Å². The number of benzene rings is 1. The third kappa shape index (κ3) is 5.01. The number of carbonyl (C=O) groups excluding carboxylic acids is 2. The largest absolute Gasteiger partial charge is 0.573 e. The summed E-state index contributed by atoms with van der Waals surface area (Å²) in [6.45, 7) is 1.62. The number of hydrogen-bond acceptors (Lipinski definition) is 4. The number of nitrogens with one attached hydrogen (secondary N) is 1. The van der Waals surface area contributed by atoms with Crippen molar-refractivity contribution < 1.29 is 32.2 Å². The monoisotopic (exact) mass is 414 g/mol. The second-order valence-corrected chi connectivity index (χ2v) is 7.66. The van der Waals surface area contributed by atoms with E-state index in [0.29, 0.717) is 26.2 Å². The molecule has 2 amide bonds. The van der Waals surface area contributed by atoms with Crippen molar-refractivity contribution in [3.63, 3.8) is 0 Å². The maximum absolute atomic E-state index is 12.9. The van der Waals surface area contributed by atoms with E-state index in [0.717, 1.165) is 37.8 Å². The van der Waals surface area contributed by atoms with E-state index in [4.69, 9.17) is 4.74 Å². The third-order valence-electron chi connectivity index (χ3n) is 5.79. The first-order chi connectivity index (χ1) is 13.7. The van der Waals surface area contributed by atoms with Crippen molar-refractivity contribution in [3.05, 3.63) is 29.8 Å². The summed E-state index contributed by atoms with van der Waals surface area (Å²) in [4.78, 5) is 27.3. The predicted octanol–water partition coefficient (Wildman–Crippen LogP) is 2.98. The van der Waals surface area contributed by atoms with E-state index in [9.17, 15) is 22.8 Å². The zero-order valence-corrected chi connectivity index (χ0v) is 16.3. The fraction of sp³-hybridized carbons (Fsp3) is 0.600. The van der Waals surface area contributed by atoms with Gasteiger partial charge in [0.25, 0.3) is 5.91 Å². The molecule has 1 spiro atoms. The molecule has 160 valence electrons. The number of likely N-dealkylation sites (tertiary alicyclic amines) is 1. The highest BCUT2D eigenvalue weighted by molar-refractivity contribution is 5.95. The van der Waals surface area contributed by atoms with Gasteiger partial charge in [-0.2, -0.15) is 0 Å². The normalized spacial score (nSPS) is 20.8. The summed E-state index contributed by atoms with van der Waals surface area (Å²) in [5.41, 5.74) is 0.0414. The van der Waals surface area contributed by atoms with Crippen LogP contribution in [0.5, 0.6) is 5.75 Å². The van der Waals surface area contributed by atoms with Gasteiger partial charge in [-0.25, -0.2) is 0 Å². The Morgan fingerprint density at radius 2 is 1.86 bits per heavy atom. The lowest BCUT2D eigenvalue weighted by molar-refractivity contribution is -0.274. The number of ether oxygens (including phenoxy) is 2. The van der Waals surface area contributed by atoms with Gasteiger partial charge < -0.3 is 19.7 Å². The number of carbonyl (C=O) groups is 2. The molecule has 1 aromatic rings. The molecule has 29 heavy (non-hydrogen) atoms. The van der Waals surface area contributed by atoms with Gasteiger partial charge in [0.05, 0.1) is 12.5 Å². The lowest BCUT2D eigenvalue weighted by Crippen LogP contribution is -2.41. The zero-order chi connectivity index (χ0) is 21.1. The Labute approximate surface area is 167 Å². The average molecular weight is 414 g/mol. The van der Waals surface area contributed by atoms with Gasteiger partial charge in [-0.15, -0.1) is 13.2 Å². The molecular weight excluding hydrogens is 389 g/mol. The fourth-order valence-electron chi connectivity index (χ4n) is 4.45. The van der Waals surface area contributed by atoms with Crippen LogP contribution in [-0.2, 0) is 9.53 Å². The molecule has 2 fully saturated rings. The molecule has 0 radical (unpaired) electrons. The first-order valence-electron chi connectivity index (χ1n) is 9.66. The molecule has 0 bridgehead atoms. The van der Waals surface area contributed by atoms with Crippen molar-refractivity contribution >= 4 is 11.8 Å². The second-order valence-electron chi connectivity index (χ2n) is 7.66. The van der Waals surface area contributed by atoms with E-state index in [-0.39, 0.29) is 34.5 Å². The number of rotatable bonds is 6. The van der Waals surface area contributed by atoms with Crippen molar-refractivity contribution in [2.45, 2.75) is 32.0 Å². The van der Waals surface area contributed by atoms with Crippen molar-refractivity contribution in [2.24, 2.45) is 11.3 Å². The van der Waals surface area contributed by atoms with E-state index < -0.39 is 6.36 Å². The quantitative estimate of drug-likeness (QED) is 0.727. The molecule has 1 aliphatic carbocycles. The van der Waals surface area contributed by atoms with Crippen LogP contribution in [0.25, 0.3) is 0 Å². The van der Waals surface area contributed by atoms with Crippen LogP contribution in [0, 0.1) is 11.3 Å². The molecule has 9 heteroatoms. The number of alkyl halides is 3. The Morgan fingerprint density at radius 1 is 1.21 bits per heavy atom. The maximum atomic E-state index is 12.9. The molecule has 1 atom stereocenters. The molecule has 1 saturated heterocycles. The maximum Gasteiger partial charge on any atom is 0.573 e. The predicted molar refractivity (Wildman–Crippen MR) is 98.3 cm³/mol. The highest BCUT2D eigenvalue weighted by Crippen LogP contribution is 2.49. The van der Waals surface area contributed by atoms with Crippen LogP contribution in [0.15, 0.2) is 24.3 Å². The number of nitrogens with zero attached hydrogens (tertiary/aromatic N) is 1. The van der Waals surface area contributed by atoms with Crippen molar-refractivity contribution in [1.29, 1.82) is 0 Å². The molecule has 1 heterocycles. The molecule has 1 saturated carbocycles. The Hall–Kier alpha value is -2.29. The zero-order valence-electron chi connectivity index (χ0n) is 16.3. The smallest absolute Gasteiger partial charge is 0.406 e. The molecule has 1 aromatic carbocycles. The Bertz CT molecular complexity index is 730. The summed E-state index contributed by atoms with van der Waals surface area (Å²) in [6.07, 6.45) is -0.964. The Morgan fingerprint density at radius 3 is 2.45 bits per heavy atom. The van der Waals surface area contributed by atoms with E-state index in [1.807, 2.05) is 0 Å². The van der Waals surface area contributed by atoms with Gasteiger partial charge in [-0.05, 0) is 37.1 Å². The standard InChI is InChI=1S/C20H25F3N2O4/c1-28-11-10-24-17(26)16-12-25(13-19(16)8-2-3-9-19)18(27)14-4-6-15(7-5-14)29-20(21,22)23/h4-7,16H,2-3,8-13H2,1H3,(H,24,26). The minimum absolute atomic E-state index is 0.0758.